The largest absolute Gasteiger partial charge is 0.490 e. The fraction of sp³-hybridized carbons (Fsp3) is 0.579. The Hall–Kier alpha value is -2.53. The van der Waals surface area contributed by atoms with Crippen LogP contribution in [-0.4, -0.2) is 67.2 Å². The zero-order valence-electron chi connectivity index (χ0n) is 16.3. The highest BCUT2D eigenvalue weighted by Gasteiger charge is 2.41. The average Bonchev–Trinajstić information content (AvgIpc) is 3.33. The Labute approximate surface area is 170 Å². The van der Waals surface area contributed by atoms with Gasteiger partial charge >= 0.3 is 12.1 Å². The molecule has 0 aromatic heterocycles. The molecule has 11 heteroatoms. The predicted octanol–water partition coefficient (Wildman–Crippen LogP) is 1.77. The van der Waals surface area contributed by atoms with Crippen LogP contribution in [0.4, 0.5) is 13.2 Å². The van der Waals surface area contributed by atoms with Crippen molar-refractivity contribution in [3.8, 4) is 11.5 Å². The first-order valence-electron chi connectivity index (χ1n) is 9.45. The molecule has 0 saturated carbocycles. The summed E-state index contributed by atoms with van der Waals surface area (Å²) in [7, 11) is 1.67. The molecular formula is C19H23F3N2O6. The van der Waals surface area contributed by atoms with Crippen molar-refractivity contribution in [1.29, 1.82) is 0 Å². The zero-order chi connectivity index (χ0) is 21.9. The van der Waals surface area contributed by atoms with E-state index in [0.717, 1.165) is 44.0 Å². The molecule has 1 amide bonds. The average molecular weight is 432 g/mol. The number of hydrogen-bond acceptors (Lipinski definition) is 6. The van der Waals surface area contributed by atoms with Gasteiger partial charge in [-0.25, -0.2) is 4.79 Å². The molecule has 166 valence electrons. The number of carbonyl (C=O) groups excluding carboxylic acids is 1. The molecule has 0 aliphatic carbocycles. The number of halogens is 3. The number of amides is 1. The third kappa shape index (κ3) is 5.33. The van der Waals surface area contributed by atoms with E-state index in [-0.39, 0.29) is 18.1 Å². The van der Waals surface area contributed by atoms with Crippen molar-refractivity contribution in [2.24, 2.45) is 5.92 Å². The van der Waals surface area contributed by atoms with E-state index in [4.69, 9.17) is 24.1 Å². The van der Waals surface area contributed by atoms with Gasteiger partial charge in [0.05, 0.1) is 6.10 Å². The normalized spacial score (nSPS) is 25.1. The second-order valence-electron chi connectivity index (χ2n) is 7.29. The maximum atomic E-state index is 11.8. The topological polar surface area (TPSA) is 97.3 Å². The summed E-state index contributed by atoms with van der Waals surface area (Å²) < 4.78 is 48.5. The minimum atomic E-state index is -5.08. The van der Waals surface area contributed by atoms with E-state index in [2.05, 4.69) is 22.3 Å². The number of carbonyl (C=O) groups is 2. The Kier molecular flexibility index (Phi) is 6.71. The van der Waals surface area contributed by atoms with Crippen molar-refractivity contribution in [2.45, 2.75) is 37.8 Å². The summed E-state index contributed by atoms with van der Waals surface area (Å²) in [6.45, 7) is 3.10. The number of rotatable bonds is 3. The number of carboxylic acids is 1. The molecule has 2 N–H and O–H groups in total. The molecule has 3 atom stereocenters. The number of likely N-dealkylation sites (N-methyl/N-ethyl adjacent to an activating group) is 1. The summed E-state index contributed by atoms with van der Waals surface area (Å²) in [6.07, 6.45) is -3.26. The number of nitrogens with one attached hydrogen (secondary N) is 1. The Morgan fingerprint density at radius 1 is 1.27 bits per heavy atom. The summed E-state index contributed by atoms with van der Waals surface area (Å²) >= 11 is 0. The number of alkyl halides is 3. The van der Waals surface area contributed by atoms with Crippen LogP contribution < -0.4 is 14.8 Å². The van der Waals surface area contributed by atoms with E-state index in [1.807, 2.05) is 6.07 Å². The highest BCUT2D eigenvalue weighted by Crippen LogP contribution is 2.35. The number of hydrogen-bond donors (Lipinski definition) is 2. The molecule has 1 aromatic carbocycles. The molecule has 4 rings (SSSR count). The van der Waals surface area contributed by atoms with Gasteiger partial charge in [0.25, 0.3) is 0 Å². The van der Waals surface area contributed by atoms with Crippen LogP contribution in [0.2, 0.25) is 0 Å². The predicted molar refractivity (Wildman–Crippen MR) is 97.0 cm³/mol. The Balaban J connectivity index is 0.000000318. The van der Waals surface area contributed by atoms with E-state index < -0.39 is 12.1 Å². The second-order valence-corrected chi connectivity index (χ2v) is 7.29. The van der Waals surface area contributed by atoms with Crippen LogP contribution >= 0.6 is 0 Å². The highest BCUT2D eigenvalue weighted by atomic mass is 19.4. The van der Waals surface area contributed by atoms with Crippen LogP contribution in [0.1, 0.15) is 18.4 Å². The number of aliphatic carboxylic acids is 1. The molecule has 0 bridgehead atoms. The van der Waals surface area contributed by atoms with Crippen LogP contribution in [0.25, 0.3) is 0 Å². The van der Waals surface area contributed by atoms with Crippen molar-refractivity contribution >= 4 is 11.9 Å². The third-order valence-corrected chi connectivity index (χ3v) is 5.26. The third-order valence-electron chi connectivity index (χ3n) is 5.26. The van der Waals surface area contributed by atoms with E-state index in [9.17, 15) is 18.0 Å². The molecule has 3 heterocycles. The maximum absolute atomic E-state index is 11.8. The Bertz CT molecular complexity index is 788. The molecule has 8 nitrogen and oxygen atoms in total. The molecule has 0 radical (unpaired) electrons. The Morgan fingerprint density at radius 2 is 1.97 bits per heavy atom. The second kappa shape index (κ2) is 9.09. The van der Waals surface area contributed by atoms with Gasteiger partial charge in [-0.1, -0.05) is 6.07 Å². The molecule has 2 saturated heterocycles. The Morgan fingerprint density at radius 3 is 2.63 bits per heavy atom. The number of likely N-dealkylation sites (tertiary alicyclic amines) is 1. The fourth-order valence-corrected chi connectivity index (χ4v) is 3.77. The van der Waals surface area contributed by atoms with Gasteiger partial charge in [-0.05, 0) is 43.0 Å². The standard InChI is InChI=1S/C17H22N2O4.C2HF3O2/c1-18-17(20)15-7-12-4-5-19(9-16(12)23-15)8-11-2-3-13-14(6-11)22-10-21-13;3-2(4,5)1(6)7/h2-3,6,12,15-16H,4-5,7-10H2,1H3,(H,18,20);(H,6,7)/t12-,15-,16+;/m0./s1. The number of piperidine rings is 1. The van der Waals surface area contributed by atoms with Gasteiger partial charge < -0.3 is 24.6 Å². The molecule has 0 spiro atoms. The van der Waals surface area contributed by atoms with E-state index in [1.54, 1.807) is 7.05 Å². The lowest BCUT2D eigenvalue weighted by atomic mass is 9.91. The van der Waals surface area contributed by atoms with Crippen molar-refractivity contribution < 1.29 is 42.1 Å². The quantitative estimate of drug-likeness (QED) is 0.752. The molecule has 0 unspecified atom stereocenters. The fourth-order valence-electron chi connectivity index (χ4n) is 3.77. The van der Waals surface area contributed by atoms with Crippen LogP contribution in [0.15, 0.2) is 18.2 Å². The lowest BCUT2D eigenvalue weighted by Gasteiger charge is -2.34. The molecule has 3 aliphatic rings. The van der Waals surface area contributed by atoms with Crippen LogP contribution in [0.5, 0.6) is 11.5 Å². The van der Waals surface area contributed by atoms with Crippen molar-refractivity contribution in [2.75, 3.05) is 26.9 Å². The monoisotopic (exact) mass is 432 g/mol. The zero-order valence-corrected chi connectivity index (χ0v) is 16.3. The molecular weight excluding hydrogens is 409 g/mol. The summed E-state index contributed by atoms with van der Waals surface area (Å²) in [5.74, 6) is -0.603. The van der Waals surface area contributed by atoms with Gasteiger partial charge in [-0.15, -0.1) is 0 Å². The SMILES string of the molecule is CNC(=O)[C@@H]1C[C@@H]2CCN(Cc3ccc4c(c3)OCO4)C[C@H]2O1.O=C(O)C(F)(F)F. The number of nitrogens with zero attached hydrogens (tertiary/aromatic N) is 1. The maximum Gasteiger partial charge on any atom is 0.490 e. The summed E-state index contributed by atoms with van der Waals surface area (Å²) in [5.41, 5.74) is 1.22. The van der Waals surface area contributed by atoms with Gasteiger partial charge in [0.1, 0.15) is 6.10 Å². The summed E-state index contributed by atoms with van der Waals surface area (Å²) in [4.78, 5) is 23.1. The number of benzene rings is 1. The van der Waals surface area contributed by atoms with Gasteiger partial charge in [-0.3, -0.25) is 9.69 Å². The first kappa shape index (κ1) is 22.2. The van der Waals surface area contributed by atoms with Crippen molar-refractivity contribution in [3.05, 3.63) is 23.8 Å². The number of fused-ring (bicyclic) bond motifs is 2. The van der Waals surface area contributed by atoms with E-state index >= 15 is 0 Å². The van der Waals surface area contributed by atoms with Crippen LogP contribution in [0, 0.1) is 5.92 Å². The number of ether oxygens (including phenoxy) is 3. The first-order chi connectivity index (χ1) is 14.2. The number of carboxylic acid groups (broad SMARTS) is 1. The van der Waals surface area contributed by atoms with E-state index in [1.165, 1.54) is 5.56 Å². The van der Waals surface area contributed by atoms with Gasteiger partial charge in [0, 0.05) is 20.1 Å². The summed E-state index contributed by atoms with van der Waals surface area (Å²) in [6, 6.07) is 6.11. The minimum Gasteiger partial charge on any atom is -0.475 e. The smallest absolute Gasteiger partial charge is 0.475 e. The van der Waals surface area contributed by atoms with Crippen molar-refractivity contribution in [1.82, 2.24) is 10.2 Å². The van der Waals surface area contributed by atoms with Crippen LogP contribution in [0.3, 0.4) is 0 Å². The summed E-state index contributed by atoms with van der Waals surface area (Å²) in [5, 5.41) is 9.81. The van der Waals surface area contributed by atoms with Crippen molar-refractivity contribution in [3.63, 3.8) is 0 Å². The van der Waals surface area contributed by atoms with E-state index in [0.29, 0.717) is 12.7 Å². The highest BCUT2D eigenvalue weighted by molar-refractivity contribution is 5.80. The van der Waals surface area contributed by atoms with Gasteiger partial charge in [0.15, 0.2) is 11.5 Å². The first-order valence-corrected chi connectivity index (χ1v) is 9.45. The molecule has 30 heavy (non-hydrogen) atoms. The minimum absolute atomic E-state index is 0.00159. The lowest BCUT2D eigenvalue weighted by Crippen LogP contribution is -2.42. The molecule has 2 fully saturated rings. The lowest BCUT2D eigenvalue weighted by molar-refractivity contribution is -0.192. The molecule has 3 aliphatic heterocycles. The molecule has 1 aromatic rings. The van der Waals surface area contributed by atoms with Gasteiger partial charge in [0.2, 0.25) is 12.7 Å². The van der Waals surface area contributed by atoms with Gasteiger partial charge in [-0.2, -0.15) is 13.2 Å². The van der Waals surface area contributed by atoms with Crippen LogP contribution in [-0.2, 0) is 20.9 Å².